The second-order valence-corrected chi connectivity index (χ2v) is 16.8. The minimum atomic E-state index is -3.98. The van der Waals surface area contributed by atoms with Gasteiger partial charge in [0.1, 0.15) is 17.7 Å². The molecule has 0 bridgehead atoms. The predicted molar refractivity (Wildman–Crippen MR) is 180 cm³/mol. The number of alkyl halides is 1. The number of hydrogen-bond donors (Lipinski definition) is 4. The number of nitrogen functional groups attached to an aromatic ring is 2. The highest BCUT2D eigenvalue weighted by Crippen LogP contribution is 2.48. The number of benzene rings is 2. The summed E-state index contributed by atoms with van der Waals surface area (Å²) < 4.78 is 49.1. The molecule has 1 aliphatic rings. The molecule has 12 nitrogen and oxygen atoms in total. The molecule has 46 heavy (non-hydrogen) atoms. The fourth-order valence-corrected chi connectivity index (χ4v) is 8.37. The summed E-state index contributed by atoms with van der Waals surface area (Å²) in [7, 11) is -0.536. The monoisotopic (exact) mass is 691 g/mol. The van der Waals surface area contributed by atoms with E-state index in [-0.39, 0.29) is 40.8 Å². The van der Waals surface area contributed by atoms with Crippen molar-refractivity contribution in [1.29, 1.82) is 0 Å². The van der Waals surface area contributed by atoms with Crippen molar-refractivity contribution in [3.05, 3.63) is 72.1 Å². The molecule has 4 aromatic rings. The smallest absolute Gasteiger partial charge is 0.387 e. The molecule has 0 aliphatic carbocycles. The van der Waals surface area contributed by atoms with Gasteiger partial charge in [-0.2, -0.15) is 9.97 Å². The van der Waals surface area contributed by atoms with E-state index in [0.29, 0.717) is 6.42 Å². The Hall–Kier alpha value is -2.75. The predicted octanol–water partition coefficient (Wildman–Crippen LogP) is 5.69. The number of aromatic nitrogens is 4. The highest BCUT2D eigenvalue weighted by atomic mass is 33.1. The number of hydrogen-bond acceptors (Lipinski definition) is 12. The zero-order chi connectivity index (χ0) is 33.1. The summed E-state index contributed by atoms with van der Waals surface area (Å²) in [6.45, 7) is 7.48. The van der Waals surface area contributed by atoms with Gasteiger partial charge in [-0.25, -0.2) is 19.0 Å². The van der Waals surface area contributed by atoms with Crippen molar-refractivity contribution in [2.75, 3.05) is 24.7 Å². The lowest BCUT2D eigenvalue weighted by Crippen LogP contribution is -2.40. The van der Waals surface area contributed by atoms with Crippen molar-refractivity contribution in [2.45, 2.75) is 74.4 Å². The lowest BCUT2D eigenvalue weighted by molar-refractivity contribution is -0.0553. The van der Waals surface area contributed by atoms with Crippen LogP contribution in [0.3, 0.4) is 0 Å². The van der Waals surface area contributed by atoms with E-state index in [9.17, 15) is 9.67 Å². The molecule has 1 unspecified atom stereocenters. The largest absolute Gasteiger partial charge is 0.405 e. The topological polar surface area (TPSA) is 173 Å². The highest BCUT2D eigenvalue weighted by Gasteiger charge is 2.56. The van der Waals surface area contributed by atoms with Crippen LogP contribution in [0.2, 0.25) is 0 Å². The minimum Gasteiger partial charge on any atom is -0.387 e. The SMILES string of the molecule is CC(C)(C)SSc1ccccc1CCOP(=O)(NCc1ccccc1)OC[C@H]1O[C@@H](n2cnc3c(N)nc(N)nc32)[C@](C)(F)[C@@H]1O. The molecule has 0 spiro atoms. The van der Waals surface area contributed by atoms with Crippen molar-refractivity contribution < 1.29 is 27.8 Å². The average molecular weight is 692 g/mol. The Labute approximate surface area is 275 Å². The standard InChI is InChI=1S/C30H39FN7O5PS2/c1-29(2,3)46-45-22-13-9-8-12-20(22)14-15-41-44(40,35-16-19-10-6-5-7-11-19)42-17-21-24(39)30(4,31)27(43-21)38-18-34-23-25(32)36-28(33)37-26(23)38/h5-13,18,21,24,27,39H,14-17H2,1-4H3,(H,35,40)(H4,32,33,36,37)/t21-,24-,27-,30-,44?/m1/s1. The first-order valence-electron chi connectivity index (χ1n) is 14.7. The Morgan fingerprint density at radius 3 is 2.59 bits per heavy atom. The molecule has 0 saturated carbocycles. The average Bonchev–Trinajstić information content (AvgIpc) is 3.52. The van der Waals surface area contributed by atoms with E-state index in [4.69, 9.17) is 25.3 Å². The van der Waals surface area contributed by atoms with Gasteiger partial charge in [-0.05, 0) is 30.5 Å². The van der Waals surface area contributed by atoms with Gasteiger partial charge in [0, 0.05) is 16.2 Å². The van der Waals surface area contributed by atoms with E-state index in [2.05, 4.69) is 40.8 Å². The maximum Gasteiger partial charge on any atom is 0.405 e. The van der Waals surface area contributed by atoms with E-state index in [0.717, 1.165) is 16.0 Å². The van der Waals surface area contributed by atoms with Gasteiger partial charge in [0.25, 0.3) is 0 Å². The zero-order valence-corrected chi connectivity index (χ0v) is 28.5. The van der Waals surface area contributed by atoms with Crippen LogP contribution in [0.4, 0.5) is 16.2 Å². The Kier molecular flexibility index (Phi) is 10.6. The van der Waals surface area contributed by atoms with Crippen molar-refractivity contribution >= 4 is 52.3 Å². The van der Waals surface area contributed by atoms with Gasteiger partial charge in [-0.3, -0.25) is 13.6 Å². The van der Waals surface area contributed by atoms with E-state index in [1.54, 1.807) is 21.6 Å². The molecule has 2 aromatic heterocycles. The first-order valence-corrected chi connectivity index (χ1v) is 18.3. The van der Waals surface area contributed by atoms with Gasteiger partial charge in [0.2, 0.25) is 5.95 Å². The second-order valence-electron chi connectivity index (χ2n) is 12.0. The third-order valence-corrected chi connectivity index (χ3v) is 12.2. The van der Waals surface area contributed by atoms with Crippen LogP contribution in [0.1, 0.15) is 45.0 Å². The fourth-order valence-electron chi connectivity index (χ4n) is 4.80. The number of aliphatic hydroxyl groups excluding tert-OH is 1. The molecule has 2 aromatic carbocycles. The number of ether oxygens (including phenoxy) is 1. The Balaban J connectivity index is 1.29. The van der Waals surface area contributed by atoms with Gasteiger partial charge < -0.3 is 21.3 Å². The van der Waals surface area contributed by atoms with Crippen LogP contribution in [-0.4, -0.2) is 60.5 Å². The molecule has 6 N–H and O–H groups in total. The van der Waals surface area contributed by atoms with Crippen molar-refractivity contribution in [2.24, 2.45) is 0 Å². The molecule has 1 aliphatic heterocycles. The molecular weight excluding hydrogens is 652 g/mol. The third-order valence-electron chi connectivity index (χ3n) is 7.15. The van der Waals surface area contributed by atoms with Crippen LogP contribution in [0, 0.1) is 0 Å². The molecule has 1 saturated heterocycles. The van der Waals surface area contributed by atoms with Crippen molar-refractivity contribution in [3.8, 4) is 0 Å². The maximum atomic E-state index is 16.1. The van der Waals surface area contributed by atoms with E-state index in [1.165, 1.54) is 17.8 Å². The summed E-state index contributed by atoms with van der Waals surface area (Å²) >= 11 is 0. The summed E-state index contributed by atoms with van der Waals surface area (Å²) in [6, 6.07) is 17.3. The van der Waals surface area contributed by atoms with Gasteiger partial charge >= 0.3 is 7.75 Å². The molecule has 3 heterocycles. The zero-order valence-electron chi connectivity index (χ0n) is 26.0. The van der Waals surface area contributed by atoms with Crippen LogP contribution in [0.15, 0.2) is 65.8 Å². The molecule has 248 valence electrons. The maximum absolute atomic E-state index is 16.1. The second kappa shape index (κ2) is 14.2. The highest BCUT2D eigenvalue weighted by molar-refractivity contribution is 8.77. The van der Waals surface area contributed by atoms with Crippen LogP contribution in [-0.2, 0) is 31.3 Å². The summed E-state index contributed by atoms with van der Waals surface area (Å²) in [5, 5.41) is 13.9. The number of fused-ring (bicyclic) bond motifs is 1. The number of imidazole rings is 1. The third kappa shape index (κ3) is 8.20. The molecular formula is C30H39FN7O5PS2. The fraction of sp³-hybridized carbons (Fsp3) is 0.433. The number of nitrogens with zero attached hydrogens (tertiary/aromatic N) is 4. The molecule has 0 amide bonds. The first-order chi connectivity index (χ1) is 21.8. The molecule has 1 fully saturated rings. The number of anilines is 2. The van der Waals surface area contributed by atoms with Crippen LogP contribution < -0.4 is 16.6 Å². The van der Waals surface area contributed by atoms with Gasteiger partial charge in [-0.1, -0.05) is 90.9 Å². The molecule has 5 rings (SSSR count). The molecule has 16 heteroatoms. The summed E-state index contributed by atoms with van der Waals surface area (Å²) in [4.78, 5) is 13.3. The van der Waals surface area contributed by atoms with Gasteiger partial charge in [0.05, 0.1) is 19.5 Å². The first kappa shape index (κ1) is 34.6. The number of nitrogens with one attached hydrogen (secondary N) is 1. The van der Waals surface area contributed by atoms with Crippen LogP contribution in [0.25, 0.3) is 11.2 Å². The minimum absolute atomic E-state index is 0.0250. The molecule has 5 atom stereocenters. The number of halogens is 1. The number of rotatable bonds is 13. The lowest BCUT2D eigenvalue weighted by atomic mass is 9.98. The van der Waals surface area contributed by atoms with Crippen LogP contribution >= 0.6 is 29.3 Å². The van der Waals surface area contributed by atoms with E-state index in [1.807, 2.05) is 54.6 Å². The van der Waals surface area contributed by atoms with Crippen molar-refractivity contribution in [3.63, 3.8) is 0 Å². The lowest BCUT2D eigenvalue weighted by Gasteiger charge is -2.24. The van der Waals surface area contributed by atoms with E-state index < -0.39 is 38.5 Å². The summed E-state index contributed by atoms with van der Waals surface area (Å²) in [5.41, 5.74) is 11.6. The Morgan fingerprint density at radius 1 is 1.13 bits per heavy atom. The number of aliphatic hydroxyl groups is 1. The van der Waals surface area contributed by atoms with Crippen LogP contribution in [0.5, 0.6) is 0 Å². The molecule has 0 radical (unpaired) electrons. The van der Waals surface area contributed by atoms with Crippen molar-refractivity contribution in [1.82, 2.24) is 24.6 Å². The Bertz CT molecular complexity index is 1690. The van der Waals surface area contributed by atoms with Gasteiger partial charge in [-0.15, -0.1) is 0 Å². The van der Waals surface area contributed by atoms with E-state index >= 15 is 4.39 Å². The summed E-state index contributed by atoms with van der Waals surface area (Å²) in [5.74, 6) is -0.0977. The number of nitrogens with two attached hydrogens (primary N) is 2. The Morgan fingerprint density at radius 2 is 1.85 bits per heavy atom. The normalized spacial score (nSPS) is 23.1. The summed E-state index contributed by atoms with van der Waals surface area (Å²) in [6.07, 6.45) is -2.47. The van der Waals surface area contributed by atoms with Gasteiger partial charge in [0.15, 0.2) is 23.4 Å². The quantitative estimate of drug-likeness (QED) is 0.0996.